The lowest BCUT2D eigenvalue weighted by molar-refractivity contribution is -0.115. The van der Waals surface area contributed by atoms with Gasteiger partial charge in [-0.15, -0.1) is 34.0 Å². The second kappa shape index (κ2) is 27.0. The molecule has 0 aliphatic heterocycles. The molecule has 0 fully saturated rings. The number of rotatable bonds is 10. The van der Waals surface area contributed by atoms with Crippen LogP contribution in [0, 0.1) is 41.5 Å². The molecule has 6 heterocycles. The van der Waals surface area contributed by atoms with Crippen LogP contribution in [0.2, 0.25) is 0 Å². The third kappa shape index (κ3) is 13.1. The third-order valence-electron chi connectivity index (χ3n) is 15.7. The first-order chi connectivity index (χ1) is 42.5. The third-order valence-corrected chi connectivity index (χ3v) is 19.4. The van der Waals surface area contributed by atoms with Crippen molar-refractivity contribution in [3.05, 3.63) is 184 Å². The first-order valence-electron chi connectivity index (χ1n) is 28.3. The van der Waals surface area contributed by atoms with Crippen LogP contribution in [0.5, 0.6) is 0 Å². The van der Waals surface area contributed by atoms with Crippen LogP contribution in [0.3, 0.4) is 0 Å². The monoisotopic (exact) mass is 1260 g/mol. The zero-order valence-electron chi connectivity index (χ0n) is 50.8. The molecule has 0 bridgehead atoms. The maximum atomic E-state index is 12.8. The van der Waals surface area contributed by atoms with Gasteiger partial charge in [0.15, 0.2) is 33.6 Å². The average molecular weight is 1270 g/mol. The van der Waals surface area contributed by atoms with Crippen molar-refractivity contribution >= 4 is 124 Å². The summed E-state index contributed by atoms with van der Waals surface area (Å²) in [5.41, 5.74) is 9.76. The summed E-state index contributed by atoms with van der Waals surface area (Å²) in [6.45, 7) is 11.3. The first-order valence-corrected chi connectivity index (χ1v) is 30.8. The lowest BCUT2D eigenvalue weighted by Gasteiger charge is -2.09. The Morgan fingerprint density at radius 3 is 0.944 bits per heavy atom. The Morgan fingerprint density at radius 2 is 0.708 bits per heavy atom. The van der Waals surface area contributed by atoms with E-state index in [1.165, 1.54) is 78.4 Å². The van der Waals surface area contributed by atoms with Gasteiger partial charge in [-0.2, -0.15) is 0 Å². The lowest BCUT2D eigenvalue weighted by Crippen LogP contribution is -2.17. The van der Waals surface area contributed by atoms with Gasteiger partial charge in [-0.25, -0.2) is 14.4 Å². The number of amides is 4. The van der Waals surface area contributed by atoms with E-state index in [2.05, 4.69) is 16.0 Å². The van der Waals surface area contributed by atoms with Crippen molar-refractivity contribution in [2.24, 2.45) is 0 Å². The van der Waals surface area contributed by atoms with Crippen LogP contribution in [0.1, 0.15) is 147 Å². The van der Waals surface area contributed by atoms with Gasteiger partial charge in [-0.05, 0) is 168 Å². The van der Waals surface area contributed by atoms with Gasteiger partial charge in [0.25, 0.3) is 17.7 Å². The number of nitrogens with one attached hydrogen (secondary N) is 3. The molecule has 3 N–H and O–H groups in total. The number of methoxy groups -OCH3 is 3. The predicted molar refractivity (Wildman–Crippen MR) is 343 cm³/mol. The molecule has 3 aliphatic rings. The van der Waals surface area contributed by atoms with E-state index < -0.39 is 35.6 Å². The molecule has 0 radical (unpaired) electrons. The van der Waals surface area contributed by atoms with Gasteiger partial charge in [0.1, 0.15) is 31.8 Å². The number of ether oxygens (including phenoxy) is 3. The van der Waals surface area contributed by atoms with Crippen molar-refractivity contribution in [1.82, 2.24) is 4.90 Å². The van der Waals surface area contributed by atoms with E-state index in [1.54, 1.807) is 32.3 Å². The number of benzene rings is 3. The van der Waals surface area contributed by atoms with E-state index in [9.17, 15) is 47.9 Å². The summed E-state index contributed by atoms with van der Waals surface area (Å²) < 4.78 is 32.0. The van der Waals surface area contributed by atoms with Gasteiger partial charge < -0.3 is 48.3 Å². The van der Waals surface area contributed by atoms with E-state index in [-0.39, 0.29) is 33.6 Å². The molecule has 20 nitrogen and oxygen atoms in total. The SMILES string of the molecule is CN(C)C=O.COC(=O)c1c(NC(=O)c2cc(=O)c3ccc(C)c(C)c3o2)sc2c1CCC2.COC(=O)c1c(NC(=O)c2cc(=O)c3ccc(C)c(C)c3o2)sc2c1CCC2.COC(=O)c1c(NC(=O)c2cc(=O)c3ccc(C)c(C)c3o2)sc2c1CCC2. The van der Waals surface area contributed by atoms with Crippen LogP contribution in [-0.2, 0) is 57.5 Å². The van der Waals surface area contributed by atoms with Crippen molar-refractivity contribution in [3.63, 3.8) is 0 Å². The van der Waals surface area contributed by atoms with E-state index in [4.69, 9.17) is 27.5 Å². The number of carbonyl (C=O) groups excluding carboxylic acids is 7. The number of hydrogen-bond acceptors (Lipinski definition) is 19. The molecule has 89 heavy (non-hydrogen) atoms. The van der Waals surface area contributed by atoms with E-state index >= 15 is 0 Å². The topological polar surface area (TPSA) is 277 Å². The summed E-state index contributed by atoms with van der Waals surface area (Å²) in [5, 5.41) is 10.8. The Morgan fingerprint density at radius 1 is 0.449 bits per heavy atom. The highest BCUT2D eigenvalue weighted by atomic mass is 32.1. The van der Waals surface area contributed by atoms with Crippen molar-refractivity contribution in [3.8, 4) is 0 Å². The fraction of sp³-hybridized carbons (Fsp3) is 0.303. The minimum atomic E-state index is -0.565. The number of carbonyl (C=O) groups is 7. The molecule has 0 unspecified atom stereocenters. The molecule has 3 aromatic carbocycles. The molecular formula is C66H64N4O16S3. The Labute approximate surface area is 521 Å². The van der Waals surface area contributed by atoms with Crippen LogP contribution < -0.4 is 32.2 Å². The normalized spacial score (nSPS) is 12.5. The first kappa shape index (κ1) is 64.2. The Balaban J connectivity index is 0.000000153. The Bertz CT molecular complexity index is 4130. The Hall–Kier alpha value is -9.32. The van der Waals surface area contributed by atoms with E-state index in [0.717, 1.165) is 129 Å². The zero-order valence-corrected chi connectivity index (χ0v) is 53.3. The molecule has 6 aromatic heterocycles. The highest BCUT2D eigenvalue weighted by Gasteiger charge is 2.32. The number of aryl methyl sites for hydroxylation is 9. The van der Waals surface area contributed by atoms with Crippen LogP contribution in [-0.4, -0.2) is 82.4 Å². The largest absolute Gasteiger partial charge is 0.465 e. The number of anilines is 3. The summed E-state index contributed by atoms with van der Waals surface area (Å²) in [5.74, 6) is -3.37. The van der Waals surface area contributed by atoms with Crippen molar-refractivity contribution < 1.29 is 61.0 Å². The quantitative estimate of drug-likeness (QED) is 0.0652. The van der Waals surface area contributed by atoms with Crippen molar-refractivity contribution in [2.75, 3.05) is 51.4 Å². The second-order valence-corrected chi connectivity index (χ2v) is 25.0. The molecule has 23 heteroatoms. The minimum Gasteiger partial charge on any atom is -0.465 e. The molecule has 0 saturated carbocycles. The molecule has 0 saturated heterocycles. The number of thiophene rings is 3. The van der Waals surface area contributed by atoms with E-state index in [0.29, 0.717) is 64.6 Å². The highest BCUT2D eigenvalue weighted by molar-refractivity contribution is 7.17. The molecule has 12 rings (SSSR count). The molecule has 462 valence electrons. The number of nitrogens with zero attached hydrogens (tertiary/aromatic N) is 1. The standard InChI is InChI=1S/3C21H19NO5S.C3H7NO/c3*1-10-7-8-12-14(23)9-15(27-18(12)11(10)2)19(24)22-20-17(21(25)26-3)13-5-4-6-16(13)28-20;1-4(2)3-5/h3*7-9H,4-6H2,1-3H3,(H,22,24);3H,1-2H3. The van der Waals surface area contributed by atoms with Gasteiger partial charge in [0.2, 0.25) is 6.41 Å². The fourth-order valence-electron chi connectivity index (χ4n) is 10.6. The molecule has 9 aromatic rings. The van der Waals surface area contributed by atoms with Crippen LogP contribution >= 0.6 is 34.0 Å². The minimum absolute atomic E-state index is 0.0874. The maximum absolute atomic E-state index is 12.8. The van der Waals surface area contributed by atoms with Crippen LogP contribution in [0.25, 0.3) is 32.9 Å². The van der Waals surface area contributed by atoms with Gasteiger partial charge in [-0.1, -0.05) is 18.2 Å². The van der Waals surface area contributed by atoms with Gasteiger partial charge in [-0.3, -0.25) is 33.6 Å². The average Bonchev–Trinajstić information content (AvgIpc) is 1.84. The van der Waals surface area contributed by atoms with Crippen LogP contribution in [0.4, 0.5) is 15.0 Å². The summed E-state index contributed by atoms with van der Waals surface area (Å²) in [7, 11) is 7.33. The maximum Gasteiger partial charge on any atom is 0.341 e. The smallest absolute Gasteiger partial charge is 0.341 e. The number of fused-ring (bicyclic) bond motifs is 6. The summed E-state index contributed by atoms with van der Waals surface area (Å²) >= 11 is 4.13. The molecule has 0 atom stereocenters. The van der Waals surface area contributed by atoms with Crippen molar-refractivity contribution in [2.45, 2.75) is 99.3 Å². The summed E-state index contributed by atoms with van der Waals surface area (Å²) in [4.78, 5) is 127. The zero-order chi connectivity index (χ0) is 64.3. The lowest BCUT2D eigenvalue weighted by atomic mass is 10.1. The van der Waals surface area contributed by atoms with E-state index in [1.807, 2.05) is 59.7 Å². The summed E-state index contributed by atoms with van der Waals surface area (Å²) in [6, 6.07) is 14.2. The molecular weight excluding hydrogens is 1200 g/mol. The van der Waals surface area contributed by atoms with Gasteiger partial charge >= 0.3 is 17.9 Å². The molecule has 0 spiro atoms. The highest BCUT2D eigenvalue weighted by Crippen LogP contribution is 2.42. The number of hydrogen-bond donors (Lipinski definition) is 3. The van der Waals surface area contributed by atoms with Gasteiger partial charge in [0.05, 0.1) is 54.2 Å². The number of esters is 3. The summed E-state index contributed by atoms with van der Waals surface area (Å²) in [6.07, 6.45) is 8.70. The van der Waals surface area contributed by atoms with Gasteiger partial charge in [0, 0.05) is 46.9 Å². The molecule has 3 aliphatic carbocycles. The molecule has 4 amide bonds. The van der Waals surface area contributed by atoms with Crippen molar-refractivity contribution in [1.29, 1.82) is 0 Å². The fourth-order valence-corrected chi connectivity index (χ4v) is 14.4. The predicted octanol–water partition coefficient (Wildman–Crippen LogP) is 11.7. The van der Waals surface area contributed by atoms with Crippen LogP contribution in [0.15, 0.2) is 82.2 Å². The Kier molecular flexibility index (Phi) is 19.4. The second-order valence-electron chi connectivity index (χ2n) is 21.7.